The number of aliphatic carboxylic acids is 1. The van der Waals surface area contributed by atoms with E-state index in [1.54, 1.807) is 12.3 Å². The molecule has 0 radical (unpaired) electrons. The molecule has 10 heteroatoms. The zero-order chi connectivity index (χ0) is 27.7. The SMILES string of the molecule is CC(C)Oc1ncc(C2N=C(c3cccc4c3CCC4(CC=O)CN(C)C3CC(C(=O)O)C3)NO2)cc1C#N. The molecule has 0 spiro atoms. The minimum atomic E-state index is -0.733. The molecule has 204 valence electrons. The van der Waals surface area contributed by atoms with E-state index in [9.17, 15) is 20.0 Å². The Morgan fingerprint density at radius 1 is 1.41 bits per heavy atom. The standard InChI is InChI=1S/C29H33N5O5/c1-17(2)38-26-19(14-30)11-20(15-31-26)27-32-25(33-39-27)23-5-4-6-24-22(23)7-8-29(24,9-10-35)16-34(3)21-12-18(13-21)28(36)37/h4-6,10-11,15,17-18,21,27H,7-9,12-13,16H2,1-3H3,(H,32,33)(H,36,37). The summed E-state index contributed by atoms with van der Waals surface area (Å²) in [6.07, 6.45) is 5.12. The number of aldehydes is 1. The Hall–Kier alpha value is -3.81. The molecule has 0 amide bonds. The number of carbonyl (C=O) groups excluding carboxylic acids is 1. The summed E-state index contributed by atoms with van der Waals surface area (Å²) in [6, 6.07) is 10.1. The van der Waals surface area contributed by atoms with Gasteiger partial charge >= 0.3 is 5.97 Å². The monoisotopic (exact) mass is 531 g/mol. The van der Waals surface area contributed by atoms with E-state index in [0.29, 0.717) is 42.8 Å². The lowest BCUT2D eigenvalue weighted by Crippen LogP contribution is -2.50. The maximum absolute atomic E-state index is 11.8. The third-order valence-electron chi connectivity index (χ3n) is 8.11. The summed E-state index contributed by atoms with van der Waals surface area (Å²) in [4.78, 5) is 40.2. The van der Waals surface area contributed by atoms with Gasteiger partial charge in [0, 0.05) is 41.7 Å². The van der Waals surface area contributed by atoms with Crippen molar-refractivity contribution in [2.75, 3.05) is 13.6 Å². The van der Waals surface area contributed by atoms with Gasteiger partial charge in [-0.3, -0.25) is 4.79 Å². The Bertz CT molecular complexity index is 1350. The van der Waals surface area contributed by atoms with E-state index in [4.69, 9.17) is 14.6 Å². The molecule has 3 aliphatic rings. The smallest absolute Gasteiger partial charge is 0.306 e. The number of carboxylic acids is 1. The van der Waals surface area contributed by atoms with Gasteiger partial charge in [-0.1, -0.05) is 18.2 Å². The van der Waals surface area contributed by atoms with Crippen molar-refractivity contribution in [3.63, 3.8) is 0 Å². The van der Waals surface area contributed by atoms with Crippen LogP contribution in [0.25, 0.3) is 0 Å². The molecule has 0 saturated heterocycles. The molecule has 1 fully saturated rings. The van der Waals surface area contributed by atoms with Gasteiger partial charge in [0.2, 0.25) is 12.1 Å². The van der Waals surface area contributed by atoms with Crippen LogP contribution in [0.2, 0.25) is 0 Å². The minimum Gasteiger partial charge on any atom is -0.481 e. The summed E-state index contributed by atoms with van der Waals surface area (Å²) >= 11 is 0. The Morgan fingerprint density at radius 2 is 2.21 bits per heavy atom. The van der Waals surface area contributed by atoms with Crippen LogP contribution < -0.4 is 10.2 Å². The topological polar surface area (TPSA) is 137 Å². The van der Waals surface area contributed by atoms with Gasteiger partial charge in [0.15, 0.2) is 5.84 Å². The van der Waals surface area contributed by atoms with Crippen LogP contribution in [0, 0.1) is 17.2 Å². The lowest BCUT2D eigenvalue weighted by molar-refractivity contribution is -0.146. The fraction of sp³-hybridized carbons (Fsp3) is 0.483. The molecule has 2 aliphatic carbocycles. The second-order valence-electron chi connectivity index (χ2n) is 11.0. The van der Waals surface area contributed by atoms with E-state index in [1.165, 1.54) is 0 Å². The van der Waals surface area contributed by atoms with Crippen LogP contribution in [0.5, 0.6) is 5.88 Å². The van der Waals surface area contributed by atoms with E-state index in [-0.39, 0.29) is 29.4 Å². The Balaban J connectivity index is 1.39. The molecule has 2 atom stereocenters. The molecular weight excluding hydrogens is 498 g/mol. The number of nitriles is 1. The normalized spacial score (nSPS) is 25.4. The third-order valence-corrected chi connectivity index (χ3v) is 8.11. The second-order valence-corrected chi connectivity index (χ2v) is 11.0. The number of hydroxylamine groups is 1. The zero-order valence-electron chi connectivity index (χ0n) is 22.4. The number of rotatable bonds is 10. The summed E-state index contributed by atoms with van der Waals surface area (Å²) in [7, 11) is 2.03. The van der Waals surface area contributed by atoms with Gasteiger partial charge in [0.25, 0.3) is 0 Å². The third kappa shape index (κ3) is 5.12. The number of ether oxygens (including phenoxy) is 1. The summed E-state index contributed by atoms with van der Waals surface area (Å²) in [5.41, 5.74) is 6.76. The highest BCUT2D eigenvalue weighted by molar-refractivity contribution is 6.00. The molecule has 2 heterocycles. The Labute approximate surface area is 227 Å². The van der Waals surface area contributed by atoms with Crippen LogP contribution >= 0.6 is 0 Å². The average molecular weight is 532 g/mol. The summed E-state index contributed by atoms with van der Waals surface area (Å²) in [6.45, 7) is 4.44. The number of benzene rings is 1. The summed E-state index contributed by atoms with van der Waals surface area (Å²) in [5, 5.41) is 18.8. The minimum absolute atomic E-state index is 0.105. The maximum atomic E-state index is 11.8. The highest BCUT2D eigenvalue weighted by Crippen LogP contribution is 2.45. The molecular formula is C29H33N5O5. The number of carbonyl (C=O) groups is 2. The van der Waals surface area contributed by atoms with Crippen LogP contribution in [-0.2, 0) is 26.3 Å². The van der Waals surface area contributed by atoms with Crippen molar-refractivity contribution in [2.24, 2.45) is 10.9 Å². The zero-order valence-corrected chi connectivity index (χ0v) is 22.4. The number of hydrogen-bond donors (Lipinski definition) is 2. The fourth-order valence-corrected chi connectivity index (χ4v) is 5.98. The predicted molar refractivity (Wildman–Crippen MR) is 142 cm³/mol. The lowest BCUT2D eigenvalue weighted by Gasteiger charge is -2.43. The van der Waals surface area contributed by atoms with Gasteiger partial charge in [0.05, 0.1) is 12.0 Å². The molecule has 39 heavy (non-hydrogen) atoms. The van der Waals surface area contributed by atoms with E-state index < -0.39 is 12.2 Å². The van der Waals surface area contributed by atoms with Crippen LogP contribution in [0.3, 0.4) is 0 Å². The molecule has 1 aromatic heterocycles. The highest BCUT2D eigenvalue weighted by Gasteiger charge is 2.44. The van der Waals surface area contributed by atoms with E-state index >= 15 is 0 Å². The lowest BCUT2D eigenvalue weighted by atomic mass is 9.75. The van der Waals surface area contributed by atoms with Crippen LogP contribution in [0.15, 0.2) is 35.5 Å². The number of nitrogens with zero attached hydrogens (tertiary/aromatic N) is 4. The number of nitrogens with one attached hydrogen (secondary N) is 1. The number of fused-ring (bicyclic) bond motifs is 1. The van der Waals surface area contributed by atoms with Crippen molar-refractivity contribution in [1.82, 2.24) is 15.4 Å². The van der Waals surface area contributed by atoms with Gasteiger partial charge in [-0.2, -0.15) is 5.26 Å². The first kappa shape index (κ1) is 26.8. The number of aliphatic imine (C=N–C) groups is 1. The number of amidine groups is 1. The molecule has 2 unspecified atom stereocenters. The van der Waals surface area contributed by atoms with Crippen molar-refractivity contribution >= 4 is 18.1 Å². The number of hydrogen-bond acceptors (Lipinski definition) is 9. The van der Waals surface area contributed by atoms with Crippen molar-refractivity contribution in [3.8, 4) is 11.9 Å². The van der Waals surface area contributed by atoms with Crippen molar-refractivity contribution < 1.29 is 24.3 Å². The number of carboxylic acid groups (broad SMARTS) is 1. The van der Waals surface area contributed by atoms with E-state index in [0.717, 1.165) is 35.8 Å². The number of pyridine rings is 1. The predicted octanol–water partition coefficient (Wildman–Crippen LogP) is 3.29. The van der Waals surface area contributed by atoms with E-state index in [1.807, 2.05) is 33.0 Å². The van der Waals surface area contributed by atoms with Crippen molar-refractivity contribution in [2.45, 2.75) is 69.7 Å². The van der Waals surface area contributed by atoms with Gasteiger partial charge in [-0.05, 0) is 63.8 Å². The molecule has 2 N–H and O–H groups in total. The first-order valence-electron chi connectivity index (χ1n) is 13.3. The Morgan fingerprint density at radius 3 is 2.90 bits per heavy atom. The van der Waals surface area contributed by atoms with Crippen molar-refractivity contribution in [1.29, 1.82) is 5.26 Å². The van der Waals surface area contributed by atoms with E-state index in [2.05, 4.69) is 27.5 Å². The quantitative estimate of drug-likeness (QED) is 0.442. The van der Waals surface area contributed by atoms with Gasteiger partial charge in [-0.25, -0.2) is 20.3 Å². The molecule has 10 nitrogen and oxygen atoms in total. The van der Waals surface area contributed by atoms with Crippen LogP contribution in [0.4, 0.5) is 0 Å². The average Bonchev–Trinajstić information content (AvgIpc) is 3.49. The fourth-order valence-electron chi connectivity index (χ4n) is 5.98. The molecule has 1 aromatic carbocycles. The summed E-state index contributed by atoms with van der Waals surface area (Å²) in [5.74, 6) is -0.136. The molecule has 1 aliphatic heterocycles. The van der Waals surface area contributed by atoms with Crippen molar-refractivity contribution in [3.05, 3.63) is 58.3 Å². The van der Waals surface area contributed by atoms with Gasteiger partial charge in [-0.15, -0.1) is 0 Å². The maximum Gasteiger partial charge on any atom is 0.306 e. The van der Waals surface area contributed by atoms with Crippen LogP contribution in [0.1, 0.15) is 73.6 Å². The summed E-state index contributed by atoms with van der Waals surface area (Å²) < 4.78 is 5.62. The first-order valence-corrected chi connectivity index (χ1v) is 13.3. The molecule has 5 rings (SSSR count). The Kier molecular flexibility index (Phi) is 7.38. The number of aromatic nitrogens is 1. The first-order chi connectivity index (χ1) is 18.7. The second kappa shape index (κ2) is 10.8. The van der Waals surface area contributed by atoms with Crippen LogP contribution in [-0.4, -0.2) is 58.8 Å². The molecule has 2 aromatic rings. The highest BCUT2D eigenvalue weighted by atomic mass is 16.7. The van der Waals surface area contributed by atoms with Gasteiger partial charge < -0.3 is 19.5 Å². The number of likely N-dealkylation sites (N-methyl/N-ethyl adjacent to an activating group) is 1. The molecule has 0 bridgehead atoms. The largest absolute Gasteiger partial charge is 0.481 e. The van der Waals surface area contributed by atoms with Gasteiger partial charge in [0.1, 0.15) is 17.9 Å². The molecule has 1 saturated carbocycles.